The van der Waals surface area contributed by atoms with E-state index in [1.54, 1.807) is 25.7 Å². The zero-order chi connectivity index (χ0) is 39.8. The topological polar surface area (TPSA) is 121 Å². The van der Waals surface area contributed by atoms with Crippen molar-refractivity contribution in [1.82, 2.24) is 4.90 Å². The number of aliphatic hydroxyl groups is 1. The molecule has 0 unspecified atom stereocenters. The molecule has 0 aliphatic heterocycles. The molecule has 9 heteroatoms. The zero-order valence-corrected chi connectivity index (χ0v) is 34.9. The van der Waals surface area contributed by atoms with Crippen LogP contribution >= 0.6 is 11.6 Å². The number of ether oxygens (including phenoxy) is 1. The Hall–Kier alpha value is -2.71. The van der Waals surface area contributed by atoms with Crippen molar-refractivity contribution in [3.05, 3.63) is 46.0 Å². The molecular formula is C45H64ClNO7. The third kappa shape index (κ3) is 6.57. The predicted molar refractivity (Wildman–Crippen MR) is 209 cm³/mol. The van der Waals surface area contributed by atoms with Crippen LogP contribution in [0.5, 0.6) is 0 Å². The van der Waals surface area contributed by atoms with Crippen molar-refractivity contribution in [2.75, 3.05) is 6.54 Å². The minimum Gasteiger partial charge on any atom is -0.481 e. The molecular weight excluding hydrogens is 702 g/mol. The van der Waals surface area contributed by atoms with Crippen LogP contribution in [0.3, 0.4) is 0 Å². The molecule has 10 atom stereocenters. The summed E-state index contributed by atoms with van der Waals surface area (Å²) in [5, 5.41) is 22.6. The van der Waals surface area contributed by atoms with Crippen molar-refractivity contribution in [3.63, 3.8) is 0 Å². The summed E-state index contributed by atoms with van der Waals surface area (Å²) in [6.45, 7) is 19.1. The van der Waals surface area contributed by atoms with Crippen molar-refractivity contribution in [1.29, 1.82) is 0 Å². The molecule has 4 fully saturated rings. The number of ketones is 1. The van der Waals surface area contributed by atoms with E-state index in [2.05, 4.69) is 41.5 Å². The van der Waals surface area contributed by atoms with Gasteiger partial charge in [0.15, 0.2) is 5.78 Å². The van der Waals surface area contributed by atoms with E-state index < -0.39 is 28.9 Å². The first-order valence-corrected chi connectivity index (χ1v) is 20.9. The van der Waals surface area contributed by atoms with Crippen LogP contribution in [0.25, 0.3) is 0 Å². The summed E-state index contributed by atoms with van der Waals surface area (Å²) in [6.07, 6.45) is 6.49. The molecule has 0 saturated heterocycles. The van der Waals surface area contributed by atoms with Gasteiger partial charge in [-0.1, -0.05) is 70.8 Å². The number of hydrogen-bond acceptors (Lipinski definition) is 6. The highest BCUT2D eigenvalue weighted by atomic mass is 35.5. The molecule has 5 aliphatic rings. The average Bonchev–Trinajstić information content (AvgIpc) is 3.39. The number of benzene rings is 1. The smallest absolute Gasteiger partial charge is 0.309 e. The maximum Gasteiger partial charge on any atom is 0.309 e. The second kappa shape index (κ2) is 14.3. The fourth-order valence-electron chi connectivity index (χ4n) is 13.0. The highest BCUT2D eigenvalue weighted by Gasteiger charge is 2.70. The molecule has 0 spiro atoms. The molecule has 1 aromatic rings. The predicted octanol–water partition coefficient (Wildman–Crippen LogP) is 9.05. The van der Waals surface area contributed by atoms with Crippen molar-refractivity contribution < 1.29 is 34.1 Å². The lowest BCUT2D eigenvalue weighted by Crippen LogP contribution is -2.65. The molecule has 5 aliphatic carbocycles. The van der Waals surface area contributed by atoms with E-state index in [9.17, 15) is 29.4 Å². The molecule has 298 valence electrons. The van der Waals surface area contributed by atoms with Gasteiger partial charge in [0.05, 0.1) is 17.9 Å². The summed E-state index contributed by atoms with van der Waals surface area (Å²) >= 11 is 6.28. The molecule has 1 amide bonds. The van der Waals surface area contributed by atoms with Crippen molar-refractivity contribution >= 4 is 35.2 Å². The number of fused-ring (bicyclic) bond motifs is 7. The largest absolute Gasteiger partial charge is 0.481 e. The SMILES string of the molecule is CC(=O)N(Cc1cccc(Cl)c1)C[C@@H](O)[C@@]12CC[C@]3(C)[C@H](CC[C@@H]4[C@@]5(C)CC[C@H](OC(=O)CC(C)(C)C(=O)O)[C@H](C)[C@@H]5CC[C@]43C)C1=C(C(C)C)C(=O)C2. The molecule has 8 nitrogen and oxygen atoms in total. The number of carboxylic acid groups (broad SMARTS) is 1. The van der Waals surface area contributed by atoms with E-state index in [4.69, 9.17) is 16.3 Å². The van der Waals surface area contributed by atoms with E-state index in [1.807, 2.05) is 24.3 Å². The van der Waals surface area contributed by atoms with E-state index in [1.165, 1.54) is 5.57 Å². The summed E-state index contributed by atoms with van der Waals surface area (Å²) in [6, 6.07) is 7.47. The van der Waals surface area contributed by atoms with Crippen molar-refractivity contribution in [3.8, 4) is 0 Å². The Morgan fingerprint density at radius 1 is 1.02 bits per heavy atom. The molecule has 6 rings (SSSR count). The fourth-order valence-corrected chi connectivity index (χ4v) is 13.3. The summed E-state index contributed by atoms with van der Waals surface area (Å²) in [7, 11) is 0. The van der Waals surface area contributed by atoms with Crippen LogP contribution in [-0.2, 0) is 30.5 Å². The number of Topliss-reactive ketones (excluding diaryl/α,β-unsaturated/α-hetero) is 1. The van der Waals surface area contributed by atoms with E-state index >= 15 is 0 Å². The van der Waals surface area contributed by atoms with Gasteiger partial charge in [-0.25, -0.2) is 0 Å². The number of carboxylic acids is 1. The first kappa shape index (κ1) is 40.9. The Kier molecular flexibility index (Phi) is 10.9. The zero-order valence-electron chi connectivity index (χ0n) is 34.1. The lowest BCUT2D eigenvalue weighted by Gasteiger charge is -2.71. The number of aliphatic hydroxyl groups excluding tert-OH is 1. The molecule has 2 N–H and O–H groups in total. The van der Waals surface area contributed by atoms with Gasteiger partial charge in [-0.05, 0) is 134 Å². The maximum atomic E-state index is 14.1. The number of hydrogen-bond donors (Lipinski definition) is 2. The van der Waals surface area contributed by atoms with Gasteiger partial charge in [0.2, 0.25) is 5.91 Å². The molecule has 1 aromatic carbocycles. The van der Waals surface area contributed by atoms with Gasteiger partial charge < -0.3 is 19.8 Å². The molecule has 0 radical (unpaired) electrons. The van der Waals surface area contributed by atoms with Gasteiger partial charge in [0.25, 0.3) is 0 Å². The third-order valence-corrected chi connectivity index (χ3v) is 16.4. The van der Waals surface area contributed by atoms with Crippen LogP contribution in [-0.4, -0.2) is 57.5 Å². The Balaban J connectivity index is 1.27. The number of nitrogens with zero attached hydrogens (tertiary/aromatic N) is 1. The Bertz CT molecular complexity index is 1720. The van der Waals surface area contributed by atoms with E-state index in [0.717, 1.165) is 56.1 Å². The summed E-state index contributed by atoms with van der Waals surface area (Å²) in [5.41, 5.74) is 1.12. The first-order valence-electron chi connectivity index (χ1n) is 20.5. The number of aliphatic carboxylic acids is 1. The summed E-state index contributed by atoms with van der Waals surface area (Å²) in [5.74, 6) is -0.179. The summed E-state index contributed by atoms with van der Waals surface area (Å²) in [4.78, 5) is 53.6. The van der Waals surface area contributed by atoms with Crippen molar-refractivity contribution in [2.24, 2.45) is 56.7 Å². The normalized spacial score (nSPS) is 36.8. The van der Waals surface area contributed by atoms with Crippen LogP contribution < -0.4 is 0 Å². The minimum atomic E-state index is -1.17. The molecule has 54 heavy (non-hydrogen) atoms. The van der Waals surface area contributed by atoms with Gasteiger partial charge in [-0.15, -0.1) is 0 Å². The Labute approximate surface area is 327 Å². The van der Waals surface area contributed by atoms with E-state index in [0.29, 0.717) is 36.2 Å². The molecule has 0 heterocycles. The van der Waals surface area contributed by atoms with Gasteiger partial charge in [-0.3, -0.25) is 19.2 Å². The van der Waals surface area contributed by atoms with Crippen LogP contribution in [0.4, 0.5) is 0 Å². The molecule has 0 aromatic heterocycles. The number of carbonyl (C=O) groups is 4. The number of allylic oxidation sites excluding steroid dienone is 1. The number of amides is 1. The van der Waals surface area contributed by atoms with Crippen molar-refractivity contribution in [2.45, 2.75) is 145 Å². The number of halogens is 1. The minimum absolute atomic E-state index is 0.00570. The van der Waals surface area contributed by atoms with Crippen LogP contribution in [0, 0.1) is 56.7 Å². The van der Waals surface area contributed by atoms with E-state index in [-0.39, 0.29) is 64.8 Å². The Morgan fingerprint density at radius 2 is 1.72 bits per heavy atom. The maximum absolute atomic E-state index is 14.1. The lowest BCUT2D eigenvalue weighted by atomic mass is 9.34. The first-order chi connectivity index (χ1) is 25.1. The fraction of sp³-hybridized carbons (Fsp3) is 0.733. The van der Waals surface area contributed by atoms with Crippen LogP contribution in [0.1, 0.15) is 132 Å². The standard InChI is InChI=1S/C45H64ClNO7/c1-26(2)38-33(49)22-45(36(50)25-47(28(4)48)24-29-11-10-12-30(46)21-29)20-19-43(8)32(39(38)45)13-14-35-42(7)17-16-34(27(3)31(42)15-18-44(35,43)9)54-37(51)23-41(5,6)40(52)53/h10-12,21,26-27,31-32,34-36,50H,13-20,22-25H2,1-9H3,(H,52,53)/t27-,31+,32-,34+,35-,36-,42+,43-,44-,45+/m1/s1. The third-order valence-electron chi connectivity index (χ3n) is 16.2. The monoisotopic (exact) mass is 765 g/mol. The molecule has 4 saturated carbocycles. The number of rotatable bonds is 10. The number of esters is 1. The van der Waals surface area contributed by atoms with Gasteiger partial charge >= 0.3 is 11.9 Å². The Morgan fingerprint density at radius 3 is 2.35 bits per heavy atom. The highest BCUT2D eigenvalue weighted by Crippen LogP contribution is 2.76. The second-order valence-electron chi connectivity index (χ2n) is 19.7. The van der Waals surface area contributed by atoms with Crippen LogP contribution in [0.2, 0.25) is 5.02 Å². The van der Waals surface area contributed by atoms with Gasteiger partial charge in [-0.2, -0.15) is 0 Å². The van der Waals surface area contributed by atoms with Gasteiger partial charge in [0.1, 0.15) is 6.10 Å². The van der Waals surface area contributed by atoms with Gasteiger partial charge in [0, 0.05) is 36.9 Å². The quantitative estimate of drug-likeness (QED) is 0.228. The average molecular weight is 766 g/mol. The van der Waals surface area contributed by atoms with Crippen LogP contribution in [0.15, 0.2) is 35.4 Å². The lowest BCUT2D eigenvalue weighted by molar-refractivity contribution is -0.218. The molecule has 0 bridgehead atoms. The number of carbonyl (C=O) groups excluding carboxylic acids is 3. The second-order valence-corrected chi connectivity index (χ2v) is 20.2. The highest BCUT2D eigenvalue weighted by molar-refractivity contribution is 6.30. The summed E-state index contributed by atoms with van der Waals surface area (Å²) < 4.78 is 6.06.